The number of benzene rings is 3. The summed E-state index contributed by atoms with van der Waals surface area (Å²) in [7, 11) is 0. The molecule has 1 aliphatic rings. The van der Waals surface area contributed by atoms with Crippen molar-refractivity contribution >= 4 is 62.8 Å². The standard InChI is InChI=1S/C27H20N2O3S2/c1-17-22(21-12-5-6-13-23(21)28(17)16-18-8-3-2-4-9-18)15-24-25(30)29(27(33)34-24)20-11-7-10-19(14-20)26(31)32/h2-15H,16H2,1H3,(H,31,32)/b24-15+. The summed E-state index contributed by atoms with van der Waals surface area (Å²) in [6.07, 6.45) is 1.90. The van der Waals surface area contributed by atoms with Crippen molar-refractivity contribution in [3.8, 4) is 0 Å². The minimum atomic E-state index is -1.05. The number of para-hydroxylation sites is 1. The first-order chi connectivity index (χ1) is 16.4. The number of rotatable bonds is 5. The number of hydrogen-bond donors (Lipinski definition) is 1. The van der Waals surface area contributed by atoms with E-state index in [9.17, 15) is 14.7 Å². The minimum Gasteiger partial charge on any atom is -0.478 e. The molecule has 2 heterocycles. The number of carboxylic acids is 1. The van der Waals surface area contributed by atoms with Crippen LogP contribution in [0.1, 0.15) is 27.2 Å². The number of nitrogens with zero attached hydrogens (tertiary/aromatic N) is 2. The topological polar surface area (TPSA) is 62.5 Å². The Labute approximate surface area is 206 Å². The summed E-state index contributed by atoms with van der Waals surface area (Å²) in [4.78, 5) is 26.6. The molecule has 0 radical (unpaired) electrons. The van der Waals surface area contributed by atoms with Crippen molar-refractivity contribution in [2.75, 3.05) is 4.90 Å². The molecule has 1 fully saturated rings. The molecular weight excluding hydrogens is 464 g/mol. The Balaban J connectivity index is 1.56. The number of thioether (sulfide) groups is 1. The van der Waals surface area contributed by atoms with E-state index in [0.29, 0.717) is 14.9 Å². The van der Waals surface area contributed by atoms with Crippen molar-refractivity contribution in [2.24, 2.45) is 0 Å². The fourth-order valence-electron chi connectivity index (χ4n) is 4.21. The third-order valence-corrected chi connectivity index (χ3v) is 7.19. The number of carbonyl (C=O) groups is 2. The number of carboxylic acid groups (broad SMARTS) is 1. The molecule has 1 saturated heterocycles. The van der Waals surface area contributed by atoms with Crippen LogP contribution in [0, 0.1) is 6.92 Å². The quantitative estimate of drug-likeness (QED) is 0.274. The zero-order chi connectivity index (χ0) is 23.8. The second-order valence-electron chi connectivity index (χ2n) is 7.96. The summed E-state index contributed by atoms with van der Waals surface area (Å²) >= 11 is 6.73. The number of amides is 1. The number of hydrogen-bond acceptors (Lipinski definition) is 4. The molecule has 0 saturated carbocycles. The average Bonchev–Trinajstić information content (AvgIpc) is 3.27. The van der Waals surface area contributed by atoms with Crippen LogP contribution in [0.5, 0.6) is 0 Å². The monoisotopic (exact) mass is 484 g/mol. The van der Waals surface area contributed by atoms with Gasteiger partial charge in [-0.25, -0.2) is 4.79 Å². The molecule has 5 nitrogen and oxygen atoms in total. The molecule has 1 aromatic heterocycles. The molecular formula is C27H20N2O3S2. The van der Waals surface area contributed by atoms with Crippen molar-refractivity contribution in [2.45, 2.75) is 13.5 Å². The Kier molecular flexibility index (Phi) is 5.81. The molecule has 1 N–H and O–H groups in total. The van der Waals surface area contributed by atoms with Crippen LogP contribution in [0.2, 0.25) is 0 Å². The first kappa shape index (κ1) is 22.1. The lowest BCUT2D eigenvalue weighted by Gasteiger charge is -2.14. The van der Waals surface area contributed by atoms with E-state index in [-0.39, 0.29) is 11.5 Å². The van der Waals surface area contributed by atoms with Crippen molar-refractivity contribution < 1.29 is 14.7 Å². The highest BCUT2D eigenvalue weighted by molar-refractivity contribution is 8.27. The zero-order valence-corrected chi connectivity index (χ0v) is 19.9. The highest BCUT2D eigenvalue weighted by atomic mass is 32.2. The van der Waals surface area contributed by atoms with Gasteiger partial charge in [0.2, 0.25) is 0 Å². The van der Waals surface area contributed by atoms with Crippen LogP contribution >= 0.6 is 24.0 Å². The van der Waals surface area contributed by atoms with Crippen molar-refractivity contribution in [3.63, 3.8) is 0 Å². The molecule has 0 unspecified atom stereocenters. The molecule has 7 heteroatoms. The molecule has 5 rings (SSSR count). The van der Waals surface area contributed by atoms with Crippen LogP contribution in [0.15, 0.2) is 83.8 Å². The van der Waals surface area contributed by atoms with Gasteiger partial charge in [0.05, 0.1) is 16.2 Å². The molecule has 3 aromatic carbocycles. The van der Waals surface area contributed by atoms with Crippen LogP contribution in [-0.4, -0.2) is 25.9 Å². The molecule has 1 aliphatic heterocycles. The Bertz CT molecular complexity index is 1490. The summed E-state index contributed by atoms with van der Waals surface area (Å²) in [6, 6.07) is 24.7. The van der Waals surface area contributed by atoms with Gasteiger partial charge in [-0.2, -0.15) is 0 Å². The highest BCUT2D eigenvalue weighted by Crippen LogP contribution is 2.38. The van der Waals surface area contributed by atoms with E-state index in [1.165, 1.54) is 34.4 Å². The van der Waals surface area contributed by atoms with Gasteiger partial charge in [0.1, 0.15) is 0 Å². The van der Waals surface area contributed by atoms with E-state index >= 15 is 0 Å². The number of fused-ring (bicyclic) bond motifs is 1. The van der Waals surface area contributed by atoms with Gasteiger partial charge in [-0.15, -0.1) is 0 Å². The SMILES string of the molecule is Cc1c(/C=C2/SC(=S)N(c3cccc(C(=O)O)c3)C2=O)c2ccccc2n1Cc1ccccc1. The number of aromatic carboxylic acids is 1. The summed E-state index contributed by atoms with van der Waals surface area (Å²) < 4.78 is 2.64. The molecule has 1 amide bonds. The molecule has 0 atom stereocenters. The van der Waals surface area contributed by atoms with Crippen LogP contribution in [-0.2, 0) is 11.3 Å². The number of carbonyl (C=O) groups excluding carboxylic acids is 1. The zero-order valence-electron chi connectivity index (χ0n) is 18.3. The van der Waals surface area contributed by atoms with Crippen molar-refractivity contribution in [3.05, 3.63) is 106 Å². The van der Waals surface area contributed by atoms with Gasteiger partial charge < -0.3 is 9.67 Å². The maximum atomic E-state index is 13.3. The number of anilines is 1. The number of aromatic nitrogens is 1. The number of thiocarbonyl (C=S) groups is 1. The third-order valence-electron chi connectivity index (χ3n) is 5.88. The van der Waals surface area contributed by atoms with E-state index < -0.39 is 5.97 Å². The Morgan fingerprint density at radius 1 is 1.03 bits per heavy atom. The van der Waals surface area contributed by atoms with Gasteiger partial charge in [0, 0.05) is 28.7 Å². The molecule has 0 spiro atoms. The molecule has 0 aliphatic carbocycles. The van der Waals surface area contributed by atoms with E-state index in [4.69, 9.17) is 12.2 Å². The van der Waals surface area contributed by atoms with Gasteiger partial charge in [0.25, 0.3) is 5.91 Å². The van der Waals surface area contributed by atoms with E-state index in [1.54, 1.807) is 12.1 Å². The first-order valence-corrected chi connectivity index (χ1v) is 11.9. The smallest absolute Gasteiger partial charge is 0.335 e. The van der Waals surface area contributed by atoms with Gasteiger partial charge in [-0.3, -0.25) is 9.69 Å². The van der Waals surface area contributed by atoms with Gasteiger partial charge in [0.15, 0.2) is 4.32 Å². The predicted octanol–water partition coefficient (Wildman–Crippen LogP) is 6.10. The predicted molar refractivity (Wildman–Crippen MR) is 141 cm³/mol. The van der Waals surface area contributed by atoms with E-state index in [0.717, 1.165) is 28.7 Å². The van der Waals surface area contributed by atoms with Crippen LogP contribution < -0.4 is 4.90 Å². The molecule has 4 aromatic rings. The fourth-order valence-corrected chi connectivity index (χ4v) is 5.49. The van der Waals surface area contributed by atoms with Crippen LogP contribution in [0.3, 0.4) is 0 Å². The summed E-state index contributed by atoms with van der Waals surface area (Å²) in [5.74, 6) is -1.30. The van der Waals surface area contributed by atoms with Crippen molar-refractivity contribution in [1.82, 2.24) is 4.57 Å². The van der Waals surface area contributed by atoms with Gasteiger partial charge >= 0.3 is 5.97 Å². The summed E-state index contributed by atoms with van der Waals surface area (Å²) in [6.45, 7) is 2.79. The lowest BCUT2D eigenvalue weighted by Crippen LogP contribution is -2.27. The average molecular weight is 485 g/mol. The Hall–Kier alpha value is -3.68. The second-order valence-corrected chi connectivity index (χ2v) is 9.64. The summed E-state index contributed by atoms with van der Waals surface area (Å²) in [5, 5.41) is 10.4. The van der Waals surface area contributed by atoms with Gasteiger partial charge in [-0.1, -0.05) is 78.6 Å². The molecule has 168 valence electrons. The highest BCUT2D eigenvalue weighted by Gasteiger charge is 2.34. The maximum absolute atomic E-state index is 13.3. The maximum Gasteiger partial charge on any atom is 0.335 e. The normalized spacial score (nSPS) is 15.0. The lowest BCUT2D eigenvalue weighted by atomic mass is 10.1. The fraction of sp³-hybridized carbons (Fsp3) is 0.0741. The first-order valence-electron chi connectivity index (χ1n) is 10.7. The Morgan fingerprint density at radius 3 is 2.53 bits per heavy atom. The van der Waals surface area contributed by atoms with Crippen molar-refractivity contribution in [1.29, 1.82) is 0 Å². The van der Waals surface area contributed by atoms with Crippen LogP contribution in [0.25, 0.3) is 17.0 Å². The largest absolute Gasteiger partial charge is 0.478 e. The molecule has 34 heavy (non-hydrogen) atoms. The van der Waals surface area contributed by atoms with Crippen LogP contribution in [0.4, 0.5) is 5.69 Å². The van der Waals surface area contributed by atoms with Gasteiger partial charge in [-0.05, 0) is 42.8 Å². The van der Waals surface area contributed by atoms with E-state index in [2.05, 4.69) is 35.8 Å². The second kappa shape index (κ2) is 8.93. The van der Waals surface area contributed by atoms with E-state index in [1.807, 2.05) is 36.4 Å². The minimum absolute atomic E-state index is 0.107. The lowest BCUT2D eigenvalue weighted by molar-refractivity contribution is -0.113. The third kappa shape index (κ3) is 3.93. The molecule has 0 bridgehead atoms. The Morgan fingerprint density at radius 2 is 1.76 bits per heavy atom. The summed E-state index contributed by atoms with van der Waals surface area (Å²) in [5.41, 5.74) is 4.89.